The third kappa shape index (κ3) is 5.06. The second-order valence-electron chi connectivity index (χ2n) is 5.47. The number of alkyl halides is 1. The molecule has 0 saturated heterocycles. The van der Waals surface area contributed by atoms with Crippen LogP contribution >= 0.6 is 11.6 Å². The zero-order chi connectivity index (χ0) is 18.9. The first kappa shape index (κ1) is 18.4. The molecule has 0 unspecified atom stereocenters. The Morgan fingerprint density at radius 3 is 1.70 bits per heavy atom. The smallest absolute Gasteiger partial charge is 0.259 e. The van der Waals surface area contributed by atoms with Crippen LogP contribution in [-0.2, 0) is 12.4 Å². The summed E-state index contributed by atoms with van der Waals surface area (Å²) in [6.07, 6.45) is 3.11. The van der Waals surface area contributed by atoms with Gasteiger partial charge in [-0.15, -0.1) is 11.6 Å². The van der Waals surface area contributed by atoms with Gasteiger partial charge in [0.2, 0.25) is 11.8 Å². The standard InChI is InChI=1S/C11H8N2O.C10H8ClNO/c1-12-7-10-8-14-11(13-10)9-5-3-2-4-6-9;11-6-9-7-13-10(12-9)8-4-2-1-3-5-8/h2-6,8H,7H2;1-5,7H,6H2. The zero-order valence-electron chi connectivity index (χ0n) is 14.4. The third-order valence-electron chi connectivity index (χ3n) is 3.52. The third-order valence-corrected chi connectivity index (χ3v) is 3.80. The summed E-state index contributed by atoms with van der Waals surface area (Å²) in [6, 6.07) is 19.4. The highest BCUT2D eigenvalue weighted by atomic mass is 35.5. The lowest BCUT2D eigenvalue weighted by molar-refractivity contribution is 0.573. The molecule has 5 nitrogen and oxygen atoms in total. The van der Waals surface area contributed by atoms with Crippen LogP contribution in [0.3, 0.4) is 0 Å². The second-order valence-corrected chi connectivity index (χ2v) is 5.74. The van der Waals surface area contributed by atoms with Gasteiger partial charge in [0.05, 0.1) is 11.6 Å². The first-order valence-electron chi connectivity index (χ1n) is 8.19. The van der Waals surface area contributed by atoms with Gasteiger partial charge in [-0.05, 0) is 24.3 Å². The van der Waals surface area contributed by atoms with E-state index in [9.17, 15) is 0 Å². The molecular weight excluding hydrogens is 362 g/mol. The number of oxazole rings is 2. The van der Waals surface area contributed by atoms with Crippen LogP contribution in [0.5, 0.6) is 0 Å². The fourth-order valence-corrected chi connectivity index (χ4v) is 2.38. The Hall–Kier alpha value is -3.36. The summed E-state index contributed by atoms with van der Waals surface area (Å²) < 4.78 is 10.5. The highest BCUT2D eigenvalue weighted by Crippen LogP contribution is 2.19. The Kier molecular flexibility index (Phi) is 6.40. The fraction of sp³-hybridized carbons (Fsp3) is 0.0952. The summed E-state index contributed by atoms with van der Waals surface area (Å²) >= 11 is 5.61. The molecule has 0 aliphatic heterocycles. The van der Waals surface area contributed by atoms with Crippen molar-refractivity contribution in [1.82, 2.24) is 9.97 Å². The minimum atomic E-state index is 0.274. The minimum Gasteiger partial charge on any atom is -0.444 e. The van der Waals surface area contributed by atoms with Crippen molar-refractivity contribution in [3.8, 4) is 22.9 Å². The van der Waals surface area contributed by atoms with E-state index in [-0.39, 0.29) is 6.54 Å². The Morgan fingerprint density at radius 2 is 1.26 bits per heavy atom. The summed E-state index contributed by atoms with van der Waals surface area (Å²) in [7, 11) is 0. The van der Waals surface area contributed by atoms with Crippen LogP contribution in [0.15, 0.2) is 82.0 Å². The lowest BCUT2D eigenvalue weighted by Crippen LogP contribution is -1.79. The van der Waals surface area contributed by atoms with E-state index in [1.54, 1.807) is 6.26 Å². The molecule has 2 heterocycles. The van der Waals surface area contributed by atoms with E-state index < -0.39 is 0 Å². The van der Waals surface area contributed by atoms with Crippen molar-refractivity contribution in [3.63, 3.8) is 0 Å². The van der Waals surface area contributed by atoms with Crippen LogP contribution in [0.2, 0.25) is 0 Å². The molecule has 0 fully saturated rings. The summed E-state index contributed by atoms with van der Waals surface area (Å²) in [5.74, 6) is 1.58. The predicted molar refractivity (Wildman–Crippen MR) is 104 cm³/mol. The van der Waals surface area contributed by atoms with E-state index in [2.05, 4.69) is 14.8 Å². The lowest BCUT2D eigenvalue weighted by atomic mass is 10.2. The number of hydrogen-bond acceptors (Lipinski definition) is 4. The Balaban J connectivity index is 0.000000156. The Bertz CT molecular complexity index is 1000. The fourth-order valence-electron chi connectivity index (χ4n) is 2.26. The Morgan fingerprint density at radius 1 is 0.778 bits per heavy atom. The molecule has 134 valence electrons. The first-order chi connectivity index (χ1) is 13.3. The molecule has 0 spiro atoms. The van der Waals surface area contributed by atoms with Crippen LogP contribution in [0.25, 0.3) is 27.8 Å². The van der Waals surface area contributed by atoms with Gasteiger partial charge in [-0.1, -0.05) is 36.4 Å². The predicted octanol–water partition coefficient (Wildman–Crippen LogP) is 5.84. The van der Waals surface area contributed by atoms with Gasteiger partial charge in [-0.3, -0.25) is 0 Å². The minimum absolute atomic E-state index is 0.274. The quantitative estimate of drug-likeness (QED) is 0.331. The monoisotopic (exact) mass is 377 g/mol. The van der Waals surface area contributed by atoms with Gasteiger partial charge in [0.1, 0.15) is 12.5 Å². The van der Waals surface area contributed by atoms with E-state index in [0.29, 0.717) is 23.4 Å². The van der Waals surface area contributed by atoms with Crippen molar-refractivity contribution in [1.29, 1.82) is 0 Å². The van der Waals surface area contributed by atoms with Gasteiger partial charge in [-0.25, -0.2) is 16.5 Å². The average Bonchev–Trinajstić information content (AvgIpc) is 3.40. The lowest BCUT2D eigenvalue weighted by Gasteiger charge is -1.91. The highest BCUT2D eigenvalue weighted by Gasteiger charge is 2.07. The van der Waals surface area contributed by atoms with Gasteiger partial charge >= 0.3 is 0 Å². The van der Waals surface area contributed by atoms with E-state index >= 15 is 0 Å². The molecule has 0 aliphatic carbocycles. The van der Waals surface area contributed by atoms with Crippen LogP contribution in [0.4, 0.5) is 0 Å². The normalized spacial score (nSPS) is 9.93. The molecule has 27 heavy (non-hydrogen) atoms. The molecule has 0 saturated carbocycles. The van der Waals surface area contributed by atoms with Crippen LogP contribution in [0.1, 0.15) is 11.4 Å². The van der Waals surface area contributed by atoms with Gasteiger partial charge in [0.15, 0.2) is 5.69 Å². The topological polar surface area (TPSA) is 56.4 Å². The molecule has 0 N–H and O–H groups in total. The van der Waals surface area contributed by atoms with Gasteiger partial charge in [0.25, 0.3) is 6.54 Å². The number of hydrogen-bond donors (Lipinski definition) is 0. The summed E-state index contributed by atoms with van der Waals surface area (Å²) in [4.78, 5) is 11.6. The molecule has 4 rings (SSSR count). The molecule has 2 aromatic heterocycles. The van der Waals surface area contributed by atoms with Crippen molar-refractivity contribution >= 4 is 11.6 Å². The average molecular weight is 378 g/mol. The molecule has 0 radical (unpaired) electrons. The number of halogens is 1. The number of benzene rings is 2. The van der Waals surface area contributed by atoms with Crippen LogP contribution in [-0.4, -0.2) is 9.97 Å². The molecule has 6 heteroatoms. The molecule has 0 aliphatic rings. The van der Waals surface area contributed by atoms with Crippen molar-refractivity contribution in [2.75, 3.05) is 0 Å². The van der Waals surface area contributed by atoms with Gasteiger partial charge in [0, 0.05) is 11.1 Å². The zero-order valence-corrected chi connectivity index (χ0v) is 15.1. The van der Waals surface area contributed by atoms with Crippen LogP contribution in [0, 0.1) is 6.57 Å². The molecule has 2 aromatic carbocycles. The molecule has 0 amide bonds. The number of aromatic nitrogens is 2. The van der Waals surface area contributed by atoms with E-state index in [0.717, 1.165) is 16.8 Å². The van der Waals surface area contributed by atoms with Crippen molar-refractivity contribution in [2.24, 2.45) is 0 Å². The summed E-state index contributed by atoms with van der Waals surface area (Å²) in [5, 5.41) is 0. The van der Waals surface area contributed by atoms with Gasteiger partial charge < -0.3 is 13.7 Å². The van der Waals surface area contributed by atoms with Gasteiger partial charge in [-0.2, -0.15) is 0 Å². The number of rotatable bonds is 4. The summed E-state index contributed by atoms with van der Waals surface area (Å²) in [6.45, 7) is 6.97. The molecule has 0 bridgehead atoms. The molecule has 4 aromatic rings. The summed E-state index contributed by atoms with van der Waals surface area (Å²) in [5.41, 5.74) is 3.35. The van der Waals surface area contributed by atoms with E-state index in [1.165, 1.54) is 6.26 Å². The molecule has 0 atom stereocenters. The largest absolute Gasteiger partial charge is 0.444 e. The SMILES string of the molecule is ClCc1coc(-c2ccccc2)n1.[C-]#[N+]Cc1coc(-c2ccccc2)n1. The molecular formula is C21H16ClN3O2. The van der Waals surface area contributed by atoms with Crippen molar-refractivity contribution in [3.05, 3.63) is 96.0 Å². The van der Waals surface area contributed by atoms with Crippen molar-refractivity contribution < 1.29 is 8.83 Å². The van der Waals surface area contributed by atoms with Crippen LogP contribution < -0.4 is 0 Å². The first-order valence-corrected chi connectivity index (χ1v) is 8.72. The maximum absolute atomic E-state index is 6.70. The maximum Gasteiger partial charge on any atom is 0.259 e. The second kappa shape index (κ2) is 9.37. The van der Waals surface area contributed by atoms with Crippen molar-refractivity contribution in [2.45, 2.75) is 12.4 Å². The Labute approximate surface area is 162 Å². The number of nitrogens with zero attached hydrogens (tertiary/aromatic N) is 3. The maximum atomic E-state index is 6.70. The van der Waals surface area contributed by atoms with E-state index in [4.69, 9.17) is 27.0 Å². The van der Waals surface area contributed by atoms with E-state index in [1.807, 2.05) is 60.7 Å². The highest BCUT2D eigenvalue weighted by molar-refractivity contribution is 6.16.